The summed E-state index contributed by atoms with van der Waals surface area (Å²) < 4.78 is 1.75. The predicted molar refractivity (Wildman–Crippen MR) is 70.4 cm³/mol. The van der Waals surface area contributed by atoms with E-state index in [1.54, 1.807) is 10.9 Å². The van der Waals surface area contributed by atoms with Gasteiger partial charge in [-0.05, 0) is 19.1 Å². The summed E-state index contributed by atoms with van der Waals surface area (Å²) in [6.45, 7) is 4.60. The lowest BCUT2D eigenvalue weighted by Crippen LogP contribution is -2.33. The van der Waals surface area contributed by atoms with Crippen molar-refractivity contribution in [2.45, 2.75) is 37.1 Å². The SMILES string of the molecule is C=Cn1cc(CNC2CCCC2SC)cn1. The molecule has 88 valence electrons. The minimum Gasteiger partial charge on any atom is -0.309 e. The monoisotopic (exact) mass is 237 g/mol. The Morgan fingerprint density at radius 2 is 2.56 bits per heavy atom. The molecule has 1 aromatic heterocycles. The van der Waals surface area contributed by atoms with Gasteiger partial charge in [-0.15, -0.1) is 0 Å². The Bertz CT molecular complexity index is 348. The van der Waals surface area contributed by atoms with Crippen LogP contribution in [0.25, 0.3) is 6.20 Å². The van der Waals surface area contributed by atoms with Crippen LogP contribution in [0.1, 0.15) is 24.8 Å². The highest BCUT2D eigenvalue weighted by Gasteiger charge is 2.25. The van der Waals surface area contributed by atoms with Gasteiger partial charge in [0, 0.05) is 35.8 Å². The molecular formula is C12H19N3S. The summed E-state index contributed by atoms with van der Waals surface area (Å²) in [5, 5.41) is 8.59. The van der Waals surface area contributed by atoms with Crippen LogP contribution in [0.15, 0.2) is 19.0 Å². The van der Waals surface area contributed by atoms with Gasteiger partial charge in [-0.1, -0.05) is 13.0 Å². The highest BCUT2D eigenvalue weighted by molar-refractivity contribution is 7.99. The van der Waals surface area contributed by atoms with Crippen LogP contribution in [0, 0.1) is 0 Å². The number of rotatable bonds is 5. The Hall–Kier alpha value is -0.740. The van der Waals surface area contributed by atoms with E-state index in [0.717, 1.165) is 11.8 Å². The first-order valence-electron chi connectivity index (χ1n) is 5.75. The Morgan fingerprint density at radius 3 is 3.25 bits per heavy atom. The first kappa shape index (κ1) is 11.7. The fourth-order valence-corrected chi connectivity index (χ4v) is 3.22. The van der Waals surface area contributed by atoms with Crippen molar-refractivity contribution in [3.8, 4) is 0 Å². The minimum absolute atomic E-state index is 0.669. The van der Waals surface area contributed by atoms with Crippen molar-refractivity contribution < 1.29 is 0 Å². The van der Waals surface area contributed by atoms with Gasteiger partial charge in [0.05, 0.1) is 6.20 Å². The van der Waals surface area contributed by atoms with Crippen LogP contribution in [0.2, 0.25) is 0 Å². The van der Waals surface area contributed by atoms with Crippen LogP contribution in [0.5, 0.6) is 0 Å². The summed E-state index contributed by atoms with van der Waals surface area (Å²) in [6.07, 6.45) is 11.9. The molecule has 16 heavy (non-hydrogen) atoms. The second-order valence-electron chi connectivity index (χ2n) is 4.20. The van der Waals surface area contributed by atoms with E-state index in [-0.39, 0.29) is 0 Å². The Labute approximate surface area is 101 Å². The largest absolute Gasteiger partial charge is 0.309 e. The molecule has 2 atom stereocenters. The van der Waals surface area contributed by atoms with Crippen molar-refractivity contribution in [1.29, 1.82) is 0 Å². The average molecular weight is 237 g/mol. The normalized spacial score (nSPS) is 24.8. The van der Waals surface area contributed by atoms with Gasteiger partial charge in [-0.25, -0.2) is 4.68 Å². The molecule has 0 radical (unpaired) electrons. The van der Waals surface area contributed by atoms with Gasteiger partial charge >= 0.3 is 0 Å². The highest BCUT2D eigenvalue weighted by atomic mass is 32.2. The molecule has 0 aliphatic heterocycles. The van der Waals surface area contributed by atoms with Crippen LogP contribution in [-0.4, -0.2) is 27.3 Å². The van der Waals surface area contributed by atoms with E-state index in [1.807, 2.05) is 24.2 Å². The van der Waals surface area contributed by atoms with Crippen LogP contribution in [-0.2, 0) is 6.54 Å². The quantitative estimate of drug-likeness (QED) is 0.852. The van der Waals surface area contributed by atoms with E-state index in [9.17, 15) is 0 Å². The molecule has 0 spiro atoms. The molecule has 1 fully saturated rings. The van der Waals surface area contributed by atoms with Crippen molar-refractivity contribution in [1.82, 2.24) is 15.1 Å². The molecule has 2 rings (SSSR count). The number of aromatic nitrogens is 2. The summed E-state index contributed by atoms with van der Waals surface area (Å²) in [5.74, 6) is 0. The third-order valence-electron chi connectivity index (χ3n) is 3.17. The fraction of sp³-hybridized carbons (Fsp3) is 0.583. The first-order chi connectivity index (χ1) is 7.83. The summed E-state index contributed by atoms with van der Waals surface area (Å²) in [5.41, 5.74) is 1.23. The smallest absolute Gasteiger partial charge is 0.0538 e. The van der Waals surface area contributed by atoms with Gasteiger partial charge in [-0.3, -0.25) is 0 Å². The molecule has 0 amide bonds. The summed E-state index contributed by atoms with van der Waals surface area (Å²) >= 11 is 1.99. The second-order valence-corrected chi connectivity index (χ2v) is 5.28. The highest BCUT2D eigenvalue weighted by Crippen LogP contribution is 2.28. The minimum atomic E-state index is 0.669. The molecule has 0 bridgehead atoms. The number of nitrogens with zero attached hydrogens (tertiary/aromatic N) is 2. The molecule has 1 heterocycles. The summed E-state index contributed by atoms with van der Waals surface area (Å²) in [4.78, 5) is 0. The predicted octanol–water partition coefficient (Wildman–Crippen LogP) is 2.36. The third kappa shape index (κ3) is 2.68. The number of thioether (sulfide) groups is 1. The third-order valence-corrected chi connectivity index (χ3v) is 4.34. The Kier molecular flexibility index (Phi) is 4.07. The molecule has 4 heteroatoms. The van der Waals surface area contributed by atoms with E-state index in [2.05, 4.69) is 23.3 Å². The average Bonchev–Trinajstić information content (AvgIpc) is 2.94. The molecule has 1 saturated carbocycles. The van der Waals surface area contributed by atoms with Crippen molar-refractivity contribution in [2.75, 3.05) is 6.26 Å². The molecule has 0 saturated heterocycles. The van der Waals surface area contributed by atoms with E-state index in [4.69, 9.17) is 0 Å². The van der Waals surface area contributed by atoms with Crippen LogP contribution in [0.3, 0.4) is 0 Å². The maximum absolute atomic E-state index is 4.17. The van der Waals surface area contributed by atoms with E-state index in [0.29, 0.717) is 6.04 Å². The first-order valence-corrected chi connectivity index (χ1v) is 7.04. The lowest BCUT2D eigenvalue weighted by atomic mass is 10.2. The molecule has 1 aliphatic carbocycles. The Morgan fingerprint density at radius 1 is 1.69 bits per heavy atom. The van der Waals surface area contributed by atoms with E-state index in [1.165, 1.54) is 24.8 Å². The molecule has 2 unspecified atom stereocenters. The van der Waals surface area contributed by atoms with Crippen LogP contribution in [0.4, 0.5) is 0 Å². The molecule has 0 aromatic carbocycles. The van der Waals surface area contributed by atoms with Crippen molar-refractivity contribution in [3.05, 3.63) is 24.5 Å². The van der Waals surface area contributed by atoms with Gasteiger partial charge in [-0.2, -0.15) is 16.9 Å². The molecule has 1 aromatic rings. The lowest BCUT2D eigenvalue weighted by molar-refractivity contribution is 0.532. The van der Waals surface area contributed by atoms with Gasteiger partial charge in [0.25, 0.3) is 0 Å². The number of hydrogen-bond donors (Lipinski definition) is 1. The molecule has 1 aliphatic rings. The van der Waals surface area contributed by atoms with Crippen molar-refractivity contribution in [3.63, 3.8) is 0 Å². The zero-order valence-corrected chi connectivity index (χ0v) is 10.5. The van der Waals surface area contributed by atoms with E-state index >= 15 is 0 Å². The molecule has 1 N–H and O–H groups in total. The number of nitrogens with one attached hydrogen (secondary N) is 1. The van der Waals surface area contributed by atoms with Gasteiger partial charge in [0.2, 0.25) is 0 Å². The van der Waals surface area contributed by atoms with E-state index < -0.39 is 0 Å². The Balaban J connectivity index is 1.84. The summed E-state index contributed by atoms with van der Waals surface area (Å²) in [7, 11) is 0. The van der Waals surface area contributed by atoms with Gasteiger partial charge in [0.15, 0.2) is 0 Å². The fourth-order valence-electron chi connectivity index (χ4n) is 2.26. The topological polar surface area (TPSA) is 29.9 Å². The second kappa shape index (κ2) is 5.55. The zero-order chi connectivity index (χ0) is 11.4. The number of hydrogen-bond acceptors (Lipinski definition) is 3. The van der Waals surface area contributed by atoms with Gasteiger partial charge < -0.3 is 5.32 Å². The molecular weight excluding hydrogens is 218 g/mol. The van der Waals surface area contributed by atoms with Crippen LogP contribution < -0.4 is 5.32 Å². The zero-order valence-electron chi connectivity index (χ0n) is 9.72. The lowest BCUT2D eigenvalue weighted by Gasteiger charge is -2.18. The summed E-state index contributed by atoms with van der Waals surface area (Å²) in [6, 6.07) is 0.669. The maximum atomic E-state index is 4.17. The van der Waals surface area contributed by atoms with Crippen molar-refractivity contribution >= 4 is 18.0 Å². The van der Waals surface area contributed by atoms with Crippen LogP contribution >= 0.6 is 11.8 Å². The molecule has 3 nitrogen and oxygen atoms in total. The van der Waals surface area contributed by atoms with Crippen molar-refractivity contribution in [2.24, 2.45) is 0 Å². The van der Waals surface area contributed by atoms with Gasteiger partial charge in [0.1, 0.15) is 0 Å². The standard InChI is InChI=1S/C12H19N3S/c1-3-15-9-10(8-14-15)7-13-11-5-4-6-12(11)16-2/h3,8-9,11-13H,1,4-7H2,2H3. The maximum Gasteiger partial charge on any atom is 0.0538 e.